The fourth-order valence-electron chi connectivity index (χ4n) is 0.117. The van der Waals surface area contributed by atoms with E-state index in [1.54, 1.807) is 0 Å². The highest BCUT2D eigenvalue weighted by Crippen LogP contribution is 1.72. The Kier molecular flexibility index (Phi) is 2.85. The first-order chi connectivity index (χ1) is 2.77. The average Bonchev–Trinajstić information content (AvgIpc) is 1.35. The number of thiocarbonyl (C=S) groups is 1. The van der Waals surface area contributed by atoms with E-state index < -0.39 is 0 Å². The molecule has 0 N–H and O–H groups in total. The molecule has 0 aromatic carbocycles. The highest BCUT2D eigenvalue weighted by molar-refractivity contribution is 7.79. The molecular weight excluding hydrogens is 96.1 g/mol. The van der Waals surface area contributed by atoms with E-state index in [4.69, 9.17) is 0 Å². The minimum absolute atomic E-state index is 0.130. The van der Waals surface area contributed by atoms with Crippen molar-refractivity contribution in [2.75, 3.05) is 0 Å². The number of carbonyl (C=O) groups excluding carboxylic acids is 1. The second-order valence-electron chi connectivity index (χ2n) is 1.07. The molecule has 1 nitrogen and oxygen atoms in total. The molecule has 0 saturated carbocycles. The van der Waals surface area contributed by atoms with Crippen LogP contribution in [0.4, 0.5) is 0 Å². The SMILES string of the molecule is CC(=O)CC=S. The van der Waals surface area contributed by atoms with Gasteiger partial charge in [0.2, 0.25) is 0 Å². The first kappa shape index (κ1) is 5.76. The zero-order valence-electron chi connectivity index (χ0n) is 3.60. The molecule has 0 bridgehead atoms. The number of ketones is 1. The van der Waals surface area contributed by atoms with Crippen molar-refractivity contribution in [3.8, 4) is 0 Å². The molecular formula is C4H6OS. The zero-order chi connectivity index (χ0) is 4.99. The van der Waals surface area contributed by atoms with E-state index in [0.717, 1.165) is 0 Å². The molecule has 0 radical (unpaired) electrons. The van der Waals surface area contributed by atoms with Gasteiger partial charge in [0, 0.05) is 6.42 Å². The molecule has 0 aromatic rings. The molecule has 0 saturated heterocycles. The van der Waals surface area contributed by atoms with Crippen molar-refractivity contribution >= 4 is 23.4 Å². The quantitative estimate of drug-likeness (QED) is 0.483. The zero-order valence-corrected chi connectivity index (χ0v) is 4.42. The van der Waals surface area contributed by atoms with Gasteiger partial charge in [-0.05, 0) is 12.3 Å². The van der Waals surface area contributed by atoms with Gasteiger partial charge in [0.15, 0.2) is 0 Å². The Labute approximate surface area is 42.4 Å². The van der Waals surface area contributed by atoms with Crippen molar-refractivity contribution in [3.63, 3.8) is 0 Å². The van der Waals surface area contributed by atoms with Crippen LogP contribution in [-0.4, -0.2) is 11.2 Å². The van der Waals surface area contributed by atoms with Crippen LogP contribution in [0, 0.1) is 0 Å². The predicted molar refractivity (Wildman–Crippen MR) is 29.0 cm³/mol. The number of hydrogen-bond donors (Lipinski definition) is 0. The van der Waals surface area contributed by atoms with Crippen LogP contribution in [0.25, 0.3) is 0 Å². The van der Waals surface area contributed by atoms with Crippen LogP contribution < -0.4 is 0 Å². The summed E-state index contributed by atoms with van der Waals surface area (Å²) in [4.78, 5) is 9.95. The maximum absolute atomic E-state index is 9.95. The van der Waals surface area contributed by atoms with E-state index in [2.05, 4.69) is 12.2 Å². The Morgan fingerprint density at radius 2 is 2.50 bits per heavy atom. The number of hydrogen-bond acceptors (Lipinski definition) is 2. The second kappa shape index (κ2) is 2.97. The van der Waals surface area contributed by atoms with Gasteiger partial charge in [0.25, 0.3) is 0 Å². The molecule has 0 aliphatic rings. The number of carbonyl (C=O) groups is 1. The third-order valence-corrected chi connectivity index (χ3v) is 0.537. The largest absolute Gasteiger partial charge is 0.300 e. The lowest BCUT2D eigenvalue weighted by molar-refractivity contribution is -0.115. The van der Waals surface area contributed by atoms with Crippen LogP contribution in [0.3, 0.4) is 0 Å². The van der Waals surface area contributed by atoms with Gasteiger partial charge in [-0.25, -0.2) is 0 Å². The summed E-state index contributed by atoms with van der Waals surface area (Å²) in [6, 6.07) is 0. The fraction of sp³-hybridized carbons (Fsp3) is 0.500. The van der Waals surface area contributed by atoms with Gasteiger partial charge in [-0.15, -0.1) is 0 Å². The monoisotopic (exact) mass is 102 g/mol. The van der Waals surface area contributed by atoms with Crippen molar-refractivity contribution in [1.82, 2.24) is 0 Å². The third kappa shape index (κ3) is 3.76. The maximum atomic E-state index is 9.95. The molecule has 0 fully saturated rings. The Balaban J connectivity index is 3.05. The average molecular weight is 102 g/mol. The van der Waals surface area contributed by atoms with Crippen LogP contribution in [0.5, 0.6) is 0 Å². The summed E-state index contributed by atoms with van der Waals surface area (Å²) in [5.74, 6) is 0.130. The van der Waals surface area contributed by atoms with E-state index in [1.807, 2.05) is 0 Å². The maximum Gasteiger partial charge on any atom is 0.134 e. The third-order valence-electron chi connectivity index (χ3n) is 0.371. The fourth-order valence-corrected chi connectivity index (χ4v) is 0.352. The first-order valence-corrected chi connectivity index (χ1v) is 2.17. The normalized spacial score (nSPS) is 7.50. The smallest absolute Gasteiger partial charge is 0.134 e. The van der Waals surface area contributed by atoms with Crippen molar-refractivity contribution < 1.29 is 4.79 Å². The lowest BCUT2D eigenvalue weighted by Gasteiger charge is -1.73. The Bertz CT molecular complexity index is 67.9. The Morgan fingerprint density at radius 3 is 2.50 bits per heavy atom. The van der Waals surface area contributed by atoms with Gasteiger partial charge < -0.3 is 0 Å². The molecule has 0 aromatic heterocycles. The molecule has 0 spiro atoms. The highest BCUT2D eigenvalue weighted by Gasteiger charge is 1.81. The molecule has 0 amide bonds. The van der Waals surface area contributed by atoms with Crippen LogP contribution in [-0.2, 0) is 4.79 Å². The summed E-state index contributed by atoms with van der Waals surface area (Å²) in [6.45, 7) is 1.52. The van der Waals surface area contributed by atoms with Gasteiger partial charge in [0.05, 0.1) is 0 Å². The minimum Gasteiger partial charge on any atom is -0.300 e. The summed E-state index contributed by atoms with van der Waals surface area (Å²) in [5, 5.41) is 1.43. The summed E-state index contributed by atoms with van der Waals surface area (Å²) in [6.07, 6.45) is 0.426. The lowest BCUT2D eigenvalue weighted by Crippen LogP contribution is -1.86. The molecule has 0 unspecified atom stereocenters. The van der Waals surface area contributed by atoms with Crippen LogP contribution in [0.15, 0.2) is 0 Å². The van der Waals surface area contributed by atoms with E-state index in [9.17, 15) is 4.79 Å². The van der Waals surface area contributed by atoms with Crippen molar-refractivity contribution in [3.05, 3.63) is 0 Å². The van der Waals surface area contributed by atoms with Crippen molar-refractivity contribution in [2.45, 2.75) is 13.3 Å². The van der Waals surface area contributed by atoms with Gasteiger partial charge >= 0.3 is 0 Å². The van der Waals surface area contributed by atoms with E-state index >= 15 is 0 Å². The molecule has 2 heteroatoms. The molecule has 0 heterocycles. The lowest BCUT2D eigenvalue weighted by atomic mass is 10.4. The molecule has 6 heavy (non-hydrogen) atoms. The van der Waals surface area contributed by atoms with Crippen LogP contribution in [0.2, 0.25) is 0 Å². The number of rotatable bonds is 2. The minimum atomic E-state index is 0.130. The van der Waals surface area contributed by atoms with Gasteiger partial charge in [-0.3, -0.25) is 4.79 Å². The summed E-state index contributed by atoms with van der Waals surface area (Å²) < 4.78 is 0. The molecule has 0 rings (SSSR count). The van der Waals surface area contributed by atoms with Crippen LogP contribution >= 0.6 is 12.2 Å². The topological polar surface area (TPSA) is 17.1 Å². The highest BCUT2D eigenvalue weighted by atomic mass is 32.1. The predicted octanol–water partition coefficient (Wildman–Crippen LogP) is 0.965. The molecule has 0 atom stereocenters. The standard InChI is InChI=1S/C4H6OS/c1-4(5)2-3-6/h3H,2H2,1H3. The van der Waals surface area contributed by atoms with E-state index in [-0.39, 0.29) is 5.78 Å². The molecule has 34 valence electrons. The molecule has 0 aliphatic carbocycles. The first-order valence-electron chi connectivity index (χ1n) is 1.70. The van der Waals surface area contributed by atoms with Crippen molar-refractivity contribution in [1.29, 1.82) is 0 Å². The van der Waals surface area contributed by atoms with Gasteiger partial charge in [-0.1, -0.05) is 12.2 Å². The summed E-state index contributed by atoms with van der Waals surface area (Å²) in [7, 11) is 0. The molecule has 0 aliphatic heterocycles. The van der Waals surface area contributed by atoms with Crippen LogP contribution in [0.1, 0.15) is 13.3 Å². The second-order valence-corrected chi connectivity index (χ2v) is 1.41. The van der Waals surface area contributed by atoms with Crippen molar-refractivity contribution in [2.24, 2.45) is 0 Å². The van der Waals surface area contributed by atoms with E-state index in [1.165, 1.54) is 12.3 Å². The van der Waals surface area contributed by atoms with E-state index in [0.29, 0.717) is 6.42 Å². The Hall–Kier alpha value is -0.240. The van der Waals surface area contributed by atoms with Gasteiger partial charge in [0.1, 0.15) is 5.78 Å². The Morgan fingerprint density at radius 1 is 2.00 bits per heavy atom. The van der Waals surface area contributed by atoms with Gasteiger partial charge in [-0.2, -0.15) is 0 Å². The number of Topliss-reactive ketones (excluding diaryl/α,β-unsaturated/α-hetero) is 1. The summed E-state index contributed by atoms with van der Waals surface area (Å²) >= 11 is 4.38. The summed E-state index contributed by atoms with van der Waals surface area (Å²) in [5.41, 5.74) is 0.